The van der Waals surface area contributed by atoms with Gasteiger partial charge in [0.05, 0.1) is 14.2 Å². The fourth-order valence-electron chi connectivity index (χ4n) is 3.75. The first-order valence-corrected chi connectivity index (χ1v) is 10.7. The van der Waals surface area contributed by atoms with Gasteiger partial charge in [-0.3, -0.25) is 9.88 Å². The highest BCUT2D eigenvalue weighted by Crippen LogP contribution is 2.22. The Morgan fingerprint density at radius 3 is 1.31 bits per heavy atom. The van der Waals surface area contributed by atoms with Gasteiger partial charge in [0.2, 0.25) is 0 Å². The number of benzene rings is 3. The topological polar surface area (TPSA) is 34.6 Å². The van der Waals surface area contributed by atoms with Gasteiger partial charge in [-0.25, -0.2) is 0 Å². The summed E-state index contributed by atoms with van der Waals surface area (Å²) in [6, 6.07) is 29.5. The van der Waals surface area contributed by atoms with Crippen LogP contribution in [-0.4, -0.2) is 24.1 Å². The molecule has 32 heavy (non-hydrogen) atoms. The zero-order valence-electron chi connectivity index (χ0n) is 18.6. The van der Waals surface area contributed by atoms with Gasteiger partial charge in [0, 0.05) is 32.0 Å². The second-order valence-electron chi connectivity index (χ2n) is 7.77. The number of ether oxygens (including phenoxy) is 2. The molecule has 162 valence electrons. The lowest BCUT2D eigenvalue weighted by molar-refractivity contribution is 0.247. The minimum Gasteiger partial charge on any atom is -0.497 e. The largest absolute Gasteiger partial charge is 0.497 e. The Bertz CT molecular complexity index is 1040. The van der Waals surface area contributed by atoms with Gasteiger partial charge in [-0.05, 0) is 64.2 Å². The third kappa shape index (κ3) is 5.74. The molecule has 0 saturated carbocycles. The van der Waals surface area contributed by atoms with Crippen molar-refractivity contribution in [3.05, 3.63) is 114 Å². The van der Waals surface area contributed by atoms with Crippen LogP contribution >= 0.6 is 0 Å². The lowest BCUT2D eigenvalue weighted by Gasteiger charge is -2.23. The van der Waals surface area contributed by atoms with Crippen molar-refractivity contribution in [1.82, 2.24) is 9.88 Å². The minimum atomic E-state index is 0.849. The van der Waals surface area contributed by atoms with E-state index < -0.39 is 0 Å². The van der Waals surface area contributed by atoms with Crippen LogP contribution in [0.25, 0.3) is 11.1 Å². The van der Waals surface area contributed by atoms with E-state index in [2.05, 4.69) is 58.4 Å². The summed E-state index contributed by atoms with van der Waals surface area (Å²) >= 11 is 0. The minimum absolute atomic E-state index is 0.849. The quantitative estimate of drug-likeness (QED) is 0.332. The average Bonchev–Trinajstić information content (AvgIpc) is 2.86. The third-order valence-corrected chi connectivity index (χ3v) is 5.50. The molecule has 0 saturated heterocycles. The lowest BCUT2D eigenvalue weighted by Crippen LogP contribution is -2.22. The smallest absolute Gasteiger partial charge is 0.118 e. The standard InChI is InChI=1S/C28H28N2O2/c1-31-27-11-5-23(6-12-27)20-30(21-24-7-13-28(32-2)14-8-24)19-22-3-9-25(10-4-22)26-15-17-29-18-16-26/h3-18H,19-21H2,1-2H3. The number of pyridine rings is 1. The first kappa shape index (κ1) is 21.6. The summed E-state index contributed by atoms with van der Waals surface area (Å²) in [6.07, 6.45) is 3.66. The molecule has 3 aromatic carbocycles. The summed E-state index contributed by atoms with van der Waals surface area (Å²) in [5.41, 5.74) is 6.18. The van der Waals surface area contributed by atoms with Gasteiger partial charge < -0.3 is 9.47 Å². The van der Waals surface area contributed by atoms with Crippen LogP contribution in [-0.2, 0) is 19.6 Å². The van der Waals surface area contributed by atoms with Gasteiger partial charge in [0.1, 0.15) is 11.5 Å². The number of hydrogen-bond donors (Lipinski definition) is 0. The van der Waals surface area contributed by atoms with Crippen LogP contribution in [0.15, 0.2) is 97.3 Å². The average molecular weight is 425 g/mol. The SMILES string of the molecule is COc1ccc(CN(Cc2ccc(OC)cc2)Cc2ccc(-c3ccncc3)cc2)cc1. The maximum absolute atomic E-state index is 5.31. The molecule has 4 rings (SSSR count). The number of rotatable bonds is 9. The molecule has 0 radical (unpaired) electrons. The Balaban J connectivity index is 1.51. The van der Waals surface area contributed by atoms with Crippen LogP contribution in [0.5, 0.6) is 11.5 Å². The van der Waals surface area contributed by atoms with E-state index in [9.17, 15) is 0 Å². The van der Waals surface area contributed by atoms with Gasteiger partial charge in [0.15, 0.2) is 0 Å². The fraction of sp³-hybridized carbons (Fsp3) is 0.179. The monoisotopic (exact) mass is 424 g/mol. The van der Waals surface area contributed by atoms with Crippen LogP contribution in [0.1, 0.15) is 16.7 Å². The molecule has 4 nitrogen and oxygen atoms in total. The Morgan fingerprint density at radius 1 is 0.531 bits per heavy atom. The first-order valence-electron chi connectivity index (χ1n) is 10.7. The van der Waals surface area contributed by atoms with Crippen molar-refractivity contribution in [3.63, 3.8) is 0 Å². The highest BCUT2D eigenvalue weighted by molar-refractivity contribution is 5.62. The molecule has 0 fully saturated rings. The van der Waals surface area contributed by atoms with Crippen LogP contribution in [0.3, 0.4) is 0 Å². The lowest BCUT2D eigenvalue weighted by atomic mass is 10.0. The van der Waals surface area contributed by atoms with Crippen molar-refractivity contribution >= 4 is 0 Å². The molecule has 0 aliphatic heterocycles. The predicted molar refractivity (Wildman–Crippen MR) is 129 cm³/mol. The second kappa shape index (κ2) is 10.6. The van der Waals surface area contributed by atoms with Crippen molar-refractivity contribution < 1.29 is 9.47 Å². The molecule has 4 heteroatoms. The predicted octanol–water partition coefficient (Wildman–Crippen LogP) is 5.97. The summed E-state index contributed by atoms with van der Waals surface area (Å²) in [5, 5.41) is 0. The number of aromatic nitrogens is 1. The van der Waals surface area contributed by atoms with Crippen LogP contribution in [0.4, 0.5) is 0 Å². The molecule has 1 heterocycles. The van der Waals surface area contributed by atoms with Gasteiger partial charge >= 0.3 is 0 Å². The van der Waals surface area contributed by atoms with Gasteiger partial charge in [-0.15, -0.1) is 0 Å². The van der Waals surface area contributed by atoms with Crippen molar-refractivity contribution in [2.75, 3.05) is 14.2 Å². The molecular weight excluding hydrogens is 396 g/mol. The van der Waals surface area contributed by atoms with E-state index in [1.807, 2.05) is 48.8 Å². The first-order chi connectivity index (χ1) is 15.7. The summed E-state index contributed by atoms with van der Waals surface area (Å²) in [5.74, 6) is 1.75. The Kier molecular flexibility index (Phi) is 7.15. The Morgan fingerprint density at radius 2 is 0.906 bits per heavy atom. The number of hydrogen-bond acceptors (Lipinski definition) is 4. The molecule has 1 aromatic heterocycles. The van der Waals surface area contributed by atoms with Crippen LogP contribution < -0.4 is 9.47 Å². The number of methoxy groups -OCH3 is 2. The molecule has 0 aliphatic carbocycles. The van der Waals surface area contributed by atoms with Crippen molar-refractivity contribution in [3.8, 4) is 22.6 Å². The van der Waals surface area contributed by atoms with Gasteiger partial charge in [0.25, 0.3) is 0 Å². The van der Waals surface area contributed by atoms with Crippen LogP contribution in [0.2, 0.25) is 0 Å². The van der Waals surface area contributed by atoms with E-state index >= 15 is 0 Å². The van der Waals surface area contributed by atoms with Crippen LogP contribution in [0, 0.1) is 0 Å². The van der Waals surface area contributed by atoms with Crippen molar-refractivity contribution in [2.45, 2.75) is 19.6 Å². The van der Waals surface area contributed by atoms with Crippen molar-refractivity contribution in [1.29, 1.82) is 0 Å². The molecule has 0 spiro atoms. The Labute approximate surface area is 190 Å². The zero-order chi connectivity index (χ0) is 22.2. The Hall–Kier alpha value is -3.63. The molecule has 4 aromatic rings. The van der Waals surface area contributed by atoms with E-state index in [-0.39, 0.29) is 0 Å². The van der Waals surface area contributed by atoms with Gasteiger partial charge in [-0.1, -0.05) is 48.5 Å². The second-order valence-corrected chi connectivity index (χ2v) is 7.77. The van der Waals surface area contributed by atoms with Crippen molar-refractivity contribution in [2.24, 2.45) is 0 Å². The summed E-state index contributed by atoms with van der Waals surface area (Å²) in [6.45, 7) is 2.55. The normalized spacial score (nSPS) is 10.8. The fourth-order valence-corrected chi connectivity index (χ4v) is 3.75. The van der Waals surface area contributed by atoms with Gasteiger partial charge in [-0.2, -0.15) is 0 Å². The molecule has 0 N–H and O–H groups in total. The molecule has 0 atom stereocenters. The number of nitrogens with zero attached hydrogens (tertiary/aromatic N) is 2. The summed E-state index contributed by atoms with van der Waals surface area (Å²) < 4.78 is 10.6. The highest BCUT2D eigenvalue weighted by atomic mass is 16.5. The maximum Gasteiger partial charge on any atom is 0.118 e. The summed E-state index contributed by atoms with van der Waals surface area (Å²) in [4.78, 5) is 6.56. The van der Waals surface area contributed by atoms with E-state index in [1.165, 1.54) is 27.8 Å². The summed E-state index contributed by atoms with van der Waals surface area (Å²) in [7, 11) is 3.39. The van der Waals surface area contributed by atoms with E-state index in [0.717, 1.165) is 31.1 Å². The molecule has 0 bridgehead atoms. The molecule has 0 amide bonds. The third-order valence-electron chi connectivity index (χ3n) is 5.50. The zero-order valence-corrected chi connectivity index (χ0v) is 18.6. The molecule has 0 unspecified atom stereocenters. The maximum atomic E-state index is 5.31. The molecular formula is C28H28N2O2. The molecule has 0 aliphatic rings. The van der Waals surface area contributed by atoms with E-state index in [1.54, 1.807) is 14.2 Å². The van der Waals surface area contributed by atoms with E-state index in [0.29, 0.717) is 0 Å². The highest BCUT2D eigenvalue weighted by Gasteiger charge is 2.10. The van der Waals surface area contributed by atoms with E-state index in [4.69, 9.17) is 9.47 Å².